The molecular formula is C22H21BrN2O2. The van der Waals surface area contributed by atoms with Crippen molar-refractivity contribution in [1.29, 1.82) is 0 Å². The number of hydrogen-bond acceptors (Lipinski definition) is 3. The summed E-state index contributed by atoms with van der Waals surface area (Å²) in [7, 11) is 0. The number of likely N-dealkylation sites (tertiary alicyclic amines) is 1. The van der Waals surface area contributed by atoms with Gasteiger partial charge in [-0.1, -0.05) is 46.3 Å². The summed E-state index contributed by atoms with van der Waals surface area (Å²) in [5.74, 6) is -0.917. The number of halogens is 1. The van der Waals surface area contributed by atoms with E-state index in [0.29, 0.717) is 12.8 Å². The van der Waals surface area contributed by atoms with Crippen LogP contribution in [0.25, 0.3) is 10.9 Å². The first-order chi connectivity index (χ1) is 13.1. The van der Waals surface area contributed by atoms with E-state index in [1.165, 1.54) is 5.56 Å². The molecule has 1 aromatic heterocycles. The highest BCUT2D eigenvalue weighted by molar-refractivity contribution is 9.10. The van der Waals surface area contributed by atoms with Crippen LogP contribution in [0.15, 0.2) is 65.3 Å². The molecule has 4 nitrogen and oxygen atoms in total. The van der Waals surface area contributed by atoms with Crippen LogP contribution in [0, 0.1) is 5.92 Å². The molecule has 1 fully saturated rings. The minimum absolute atomic E-state index is 0.0642. The number of carboxylic acids is 1. The Morgan fingerprint density at radius 2 is 1.85 bits per heavy atom. The second kappa shape index (κ2) is 7.79. The third-order valence-electron chi connectivity index (χ3n) is 5.34. The SMILES string of the molecule is O=C(O)C1CCN(C(c2cccc(Br)c2)c2cnc3ccccc3c2)CC1. The van der Waals surface area contributed by atoms with Crippen molar-refractivity contribution in [2.24, 2.45) is 5.92 Å². The van der Waals surface area contributed by atoms with Gasteiger partial charge in [0, 0.05) is 16.1 Å². The third-order valence-corrected chi connectivity index (χ3v) is 5.83. The summed E-state index contributed by atoms with van der Waals surface area (Å²) in [6.45, 7) is 1.53. The van der Waals surface area contributed by atoms with Gasteiger partial charge in [0.2, 0.25) is 0 Å². The molecule has 3 aromatic rings. The molecule has 0 bridgehead atoms. The molecule has 1 aliphatic rings. The summed E-state index contributed by atoms with van der Waals surface area (Å²) in [5, 5.41) is 10.4. The van der Waals surface area contributed by atoms with Crippen molar-refractivity contribution in [2.45, 2.75) is 18.9 Å². The maximum absolute atomic E-state index is 11.3. The van der Waals surface area contributed by atoms with Gasteiger partial charge in [-0.05, 0) is 61.3 Å². The maximum atomic E-state index is 11.3. The minimum atomic E-state index is -0.680. The van der Waals surface area contributed by atoms with Gasteiger partial charge < -0.3 is 5.11 Å². The molecule has 1 aliphatic heterocycles. The lowest BCUT2D eigenvalue weighted by Gasteiger charge is -2.37. The van der Waals surface area contributed by atoms with Crippen LogP contribution in [0.2, 0.25) is 0 Å². The van der Waals surface area contributed by atoms with Gasteiger partial charge >= 0.3 is 5.97 Å². The largest absolute Gasteiger partial charge is 0.481 e. The Morgan fingerprint density at radius 1 is 1.07 bits per heavy atom. The van der Waals surface area contributed by atoms with E-state index in [1.54, 1.807) is 0 Å². The summed E-state index contributed by atoms with van der Waals surface area (Å²) in [5.41, 5.74) is 3.31. The summed E-state index contributed by atoms with van der Waals surface area (Å²) in [4.78, 5) is 18.4. The zero-order chi connectivity index (χ0) is 18.8. The van der Waals surface area contributed by atoms with E-state index in [4.69, 9.17) is 0 Å². The number of rotatable bonds is 4. The van der Waals surface area contributed by atoms with Gasteiger partial charge in [0.05, 0.1) is 17.5 Å². The highest BCUT2D eigenvalue weighted by atomic mass is 79.9. The lowest BCUT2D eigenvalue weighted by Crippen LogP contribution is -2.39. The van der Waals surface area contributed by atoms with Crippen LogP contribution < -0.4 is 0 Å². The molecular weight excluding hydrogens is 404 g/mol. The second-order valence-electron chi connectivity index (χ2n) is 7.07. The molecule has 1 atom stereocenters. The molecule has 4 rings (SSSR count). The molecule has 27 heavy (non-hydrogen) atoms. The predicted octanol–water partition coefficient (Wildman–Crippen LogP) is 4.88. The number of aliphatic carboxylic acids is 1. The Bertz CT molecular complexity index is 967. The molecule has 5 heteroatoms. The fourth-order valence-corrected chi connectivity index (χ4v) is 4.35. The second-order valence-corrected chi connectivity index (χ2v) is 7.98. The number of aromatic nitrogens is 1. The quantitative estimate of drug-likeness (QED) is 0.647. The van der Waals surface area contributed by atoms with Gasteiger partial charge in [0.15, 0.2) is 0 Å². The van der Waals surface area contributed by atoms with E-state index in [0.717, 1.165) is 34.0 Å². The zero-order valence-corrected chi connectivity index (χ0v) is 16.5. The average molecular weight is 425 g/mol. The van der Waals surface area contributed by atoms with Crippen LogP contribution in [0.3, 0.4) is 0 Å². The molecule has 138 valence electrons. The topological polar surface area (TPSA) is 53.4 Å². The van der Waals surface area contributed by atoms with Crippen molar-refractivity contribution in [2.75, 3.05) is 13.1 Å². The Labute approximate surface area is 167 Å². The van der Waals surface area contributed by atoms with Crippen LogP contribution in [-0.2, 0) is 4.79 Å². The number of carboxylic acid groups (broad SMARTS) is 1. The Hall–Kier alpha value is -2.24. The highest BCUT2D eigenvalue weighted by Crippen LogP contribution is 2.34. The summed E-state index contributed by atoms with van der Waals surface area (Å²) < 4.78 is 1.04. The van der Waals surface area contributed by atoms with Crippen molar-refractivity contribution < 1.29 is 9.90 Å². The van der Waals surface area contributed by atoms with Gasteiger partial charge in [-0.15, -0.1) is 0 Å². The summed E-state index contributed by atoms with van der Waals surface area (Å²) in [6.07, 6.45) is 3.32. The van der Waals surface area contributed by atoms with E-state index >= 15 is 0 Å². The van der Waals surface area contributed by atoms with Gasteiger partial charge in [-0.2, -0.15) is 0 Å². The van der Waals surface area contributed by atoms with Gasteiger partial charge in [0.25, 0.3) is 0 Å². The zero-order valence-electron chi connectivity index (χ0n) is 14.9. The minimum Gasteiger partial charge on any atom is -0.481 e. The predicted molar refractivity (Wildman–Crippen MR) is 110 cm³/mol. The first kappa shape index (κ1) is 18.1. The fourth-order valence-electron chi connectivity index (χ4n) is 3.93. The Balaban J connectivity index is 1.72. The fraction of sp³-hybridized carbons (Fsp3) is 0.273. The summed E-state index contributed by atoms with van der Waals surface area (Å²) in [6, 6.07) is 18.7. The van der Waals surface area contributed by atoms with E-state index in [2.05, 4.69) is 50.1 Å². The number of para-hydroxylation sites is 1. The van der Waals surface area contributed by atoms with E-state index < -0.39 is 5.97 Å². The van der Waals surface area contributed by atoms with Crippen LogP contribution in [0.4, 0.5) is 0 Å². The van der Waals surface area contributed by atoms with Crippen molar-refractivity contribution in [1.82, 2.24) is 9.88 Å². The number of benzene rings is 2. The molecule has 0 saturated carbocycles. The third kappa shape index (κ3) is 3.89. The maximum Gasteiger partial charge on any atom is 0.306 e. The molecule has 0 spiro atoms. The monoisotopic (exact) mass is 424 g/mol. The first-order valence-corrected chi connectivity index (χ1v) is 9.98. The molecule has 0 aliphatic carbocycles. The van der Waals surface area contributed by atoms with Gasteiger partial charge in [-0.25, -0.2) is 0 Å². The number of fused-ring (bicyclic) bond motifs is 1. The standard InChI is InChI=1S/C22H21BrN2O2/c23-19-6-3-5-17(13-19)21(25-10-8-15(9-11-25)22(26)27)18-12-16-4-1-2-7-20(16)24-14-18/h1-7,12-15,21H,8-11H2,(H,26,27). The molecule has 1 saturated heterocycles. The molecule has 2 heterocycles. The van der Waals surface area contributed by atoms with Crippen molar-refractivity contribution >= 4 is 32.8 Å². The van der Waals surface area contributed by atoms with Crippen molar-refractivity contribution in [3.8, 4) is 0 Å². The highest BCUT2D eigenvalue weighted by Gasteiger charge is 2.30. The molecule has 0 amide bonds. The summed E-state index contributed by atoms with van der Waals surface area (Å²) >= 11 is 3.58. The van der Waals surface area contributed by atoms with Gasteiger partial charge in [-0.3, -0.25) is 14.7 Å². The number of hydrogen-bond donors (Lipinski definition) is 1. The average Bonchev–Trinajstić information content (AvgIpc) is 2.68. The lowest BCUT2D eigenvalue weighted by atomic mass is 9.91. The normalized spacial score (nSPS) is 17.1. The number of carbonyl (C=O) groups is 1. The Kier molecular flexibility index (Phi) is 5.23. The number of piperidine rings is 1. The van der Waals surface area contributed by atoms with Gasteiger partial charge in [0.1, 0.15) is 0 Å². The molecule has 1 unspecified atom stereocenters. The first-order valence-electron chi connectivity index (χ1n) is 9.19. The van der Waals surface area contributed by atoms with Crippen molar-refractivity contribution in [3.05, 3.63) is 76.4 Å². The lowest BCUT2D eigenvalue weighted by molar-refractivity contribution is -0.143. The molecule has 0 radical (unpaired) electrons. The van der Waals surface area contributed by atoms with Crippen LogP contribution in [0.1, 0.15) is 30.0 Å². The Morgan fingerprint density at radius 3 is 2.59 bits per heavy atom. The van der Waals surface area contributed by atoms with Crippen LogP contribution in [-0.4, -0.2) is 34.0 Å². The van der Waals surface area contributed by atoms with Crippen LogP contribution in [0.5, 0.6) is 0 Å². The van der Waals surface area contributed by atoms with Crippen molar-refractivity contribution in [3.63, 3.8) is 0 Å². The molecule has 2 aromatic carbocycles. The van der Waals surface area contributed by atoms with Crippen LogP contribution >= 0.6 is 15.9 Å². The molecule has 1 N–H and O–H groups in total. The van der Waals surface area contributed by atoms with E-state index in [1.807, 2.05) is 36.5 Å². The van der Waals surface area contributed by atoms with E-state index in [-0.39, 0.29) is 12.0 Å². The number of nitrogens with zero attached hydrogens (tertiary/aromatic N) is 2. The smallest absolute Gasteiger partial charge is 0.306 e. The van der Waals surface area contributed by atoms with E-state index in [9.17, 15) is 9.90 Å². The number of pyridine rings is 1.